The van der Waals surface area contributed by atoms with E-state index in [9.17, 15) is 18.0 Å². The topological polar surface area (TPSA) is 60.4 Å². The van der Waals surface area contributed by atoms with Crippen LogP contribution in [0.5, 0.6) is 0 Å². The number of halogens is 3. The van der Waals surface area contributed by atoms with E-state index in [2.05, 4.69) is 22.0 Å². The SMILES string of the molecule is C[C@H]1CCCN(Cc2cc(C(F)(F)F)c3cn(-c4cccc([C@@H](c5nncn5C)C5CC5)c4)c(=O)n3c2)C1. The zero-order valence-corrected chi connectivity index (χ0v) is 21.5. The Morgan fingerprint density at radius 1 is 1.13 bits per heavy atom. The molecule has 2 aliphatic rings. The summed E-state index contributed by atoms with van der Waals surface area (Å²) in [5.74, 6) is 1.79. The van der Waals surface area contributed by atoms with E-state index in [1.165, 1.54) is 16.8 Å². The molecule has 7 nitrogen and oxygen atoms in total. The predicted octanol–water partition coefficient (Wildman–Crippen LogP) is 5.01. The standard InChI is InChI=1S/C28H31F3N6O/c1-18-5-4-10-35(13-18)14-19-11-23(28(29,30)31)24-16-36(27(38)37(24)15-19)22-7-3-6-21(12-22)25(20-8-9-20)26-33-32-17-34(26)2/h3,6-7,11-12,15-18,20,25H,4-5,8-10,13-14H2,1-2H3/t18-,25-/m0/s1. The van der Waals surface area contributed by atoms with E-state index in [-0.39, 0.29) is 11.4 Å². The normalized spacial score (nSPS) is 19.8. The lowest BCUT2D eigenvalue weighted by molar-refractivity contribution is -0.136. The van der Waals surface area contributed by atoms with Crippen molar-refractivity contribution in [1.29, 1.82) is 0 Å². The first-order chi connectivity index (χ1) is 18.2. The summed E-state index contributed by atoms with van der Waals surface area (Å²) in [4.78, 5) is 15.7. The van der Waals surface area contributed by atoms with E-state index in [1.54, 1.807) is 18.6 Å². The van der Waals surface area contributed by atoms with Crippen LogP contribution in [0.2, 0.25) is 0 Å². The Kier molecular flexibility index (Phi) is 6.17. The highest BCUT2D eigenvalue weighted by Gasteiger charge is 2.37. The summed E-state index contributed by atoms with van der Waals surface area (Å²) in [6, 6.07) is 8.68. The van der Waals surface area contributed by atoms with Gasteiger partial charge in [0.05, 0.1) is 16.8 Å². The summed E-state index contributed by atoms with van der Waals surface area (Å²) >= 11 is 0. The van der Waals surface area contributed by atoms with Gasteiger partial charge in [-0.2, -0.15) is 13.2 Å². The first-order valence-electron chi connectivity index (χ1n) is 13.2. The van der Waals surface area contributed by atoms with Crippen molar-refractivity contribution >= 4 is 5.52 Å². The van der Waals surface area contributed by atoms with Gasteiger partial charge in [0.15, 0.2) is 0 Å². The lowest BCUT2D eigenvalue weighted by Gasteiger charge is -2.31. The highest BCUT2D eigenvalue weighted by Crippen LogP contribution is 2.46. The number of aryl methyl sites for hydroxylation is 1. The van der Waals surface area contributed by atoms with Crippen molar-refractivity contribution in [1.82, 2.24) is 28.6 Å². The minimum absolute atomic E-state index is 0.0134. The van der Waals surface area contributed by atoms with Gasteiger partial charge in [-0.1, -0.05) is 19.1 Å². The highest BCUT2D eigenvalue weighted by molar-refractivity contribution is 5.58. The van der Waals surface area contributed by atoms with Crippen molar-refractivity contribution in [3.63, 3.8) is 0 Å². The number of nitrogens with zero attached hydrogens (tertiary/aromatic N) is 6. The van der Waals surface area contributed by atoms with E-state index in [4.69, 9.17) is 0 Å². The van der Waals surface area contributed by atoms with Gasteiger partial charge in [0.2, 0.25) is 0 Å². The fourth-order valence-corrected chi connectivity index (χ4v) is 5.94. The second-order valence-electron chi connectivity index (χ2n) is 11.0. The molecule has 1 saturated heterocycles. The maximum Gasteiger partial charge on any atom is 0.418 e. The van der Waals surface area contributed by atoms with Crippen LogP contribution in [0, 0.1) is 11.8 Å². The van der Waals surface area contributed by atoms with E-state index >= 15 is 0 Å². The molecule has 0 unspecified atom stereocenters. The Morgan fingerprint density at radius 3 is 2.63 bits per heavy atom. The number of imidazole rings is 1. The molecule has 38 heavy (non-hydrogen) atoms. The fraction of sp³-hybridized carbons (Fsp3) is 0.464. The van der Waals surface area contributed by atoms with Gasteiger partial charge in [-0.3, -0.25) is 13.9 Å². The van der Waals surface area contributed by atoms with Gasteiger partial charge >= 0.3 is 11.9 Å². The molecule has 2 atom stereocenters. The summed E-state index contributed by atoms with van der Waals surface area (Å²) in [5, 5.41) is 8.35. The first-order valence-corrected chi connectivity index (χ1v) is 13.2. The summed E-state index contributed by atoms with van der Waals surface area (Å²) in [6.45, 7) is 4.24. The van der Waals surface area contributed by atoms with Crippen LogP contribution in [0.15, 0.2) is 53.8 Å². The van der Waals surface area contributed by atoms with Crippen LogP contribution in [0.3, 0.4) is 0 Å². The van der Waals surface area contributed by atoms with E-state index in [1.807, 2.05) is 29.8 Å². The molecule has 0 bridgehead atoms. The van der Waals surface area contributed by atoms with Crippen LogP contribution >= 0.6 is 0 Å². The molecule has 4 aromatic rings. The summed E-state index contributed by atoms with van der Waals surface area (Å²) < 4.78 is 46.9. The third-order valence-electron chi connectivity index (χ3n) is 7.90. The van der Waals surface area contributed by atoms with Crippen LogP contribution in [0.1, 0.15) is 61.0 Å². The van der Waals surface area contributed by atoms with Crippen molar-refractivity contribution in [3.8, 4) is 5.69 Å². The van der Waals surface area contributed by atoms with Gasteiger partial charge in [-0.25, -0.2) is 4.79 Å². The Balaban J connectivity index is 1.42. The third kappa shape index (κ3) is 4.66. The Labute approximate surface area is 218 Å². The van der Waals surface area contributed by atoms with Gasteiger partial charge in [-0.05, 0) is 73.4 Å². The maximum atomic E-state index is 14.2. The number of hydrogen-bond acceptors (Lipinski definition) is 4. The number of alkyl halides is 3. The molecule has 1 saturated carbocycles. The Bertz CT molecular complexity index is 1530. The molecule has 0 radical (unpaired) electrons. The fourth-order valence-electron chi connectivity index (χ4n) is 5.94. The molecule has 10 heteroatoms. The number of benzene rings is 1. The van der Waals surface area contributed by atoms with Gasteiger partial charge in [-0.15, -0.1) is 10.2 Å². The van der Waals surface area contributed by atoms with E-state index < -0.39 is 17.4 Å². The Hall–Kier alpha value is -3.40. The minimum Gasteiger partial charge on any atom is -0.320 e. The van der Waals surface area contributed by atoms with Crippen molar-refractivity contribution in [3.05, 3.63) is 82.1 Å². The largest absolute Gasteiger partial charge is 0.418 e. The van der Waals surface area contributed by atoms with Crippen LogP contribution in [0.25, 0.3) is 11.2 Å². The molecule has 6 rings (SSSR count). The number of likely N-dealkylation sites (tertiary alicyclic amines) is 1. The zero-order chi connectivity index (χ0) is 26.6. The van der Waals surface area contributed by atoms with Crippen molar-refractivity contribution in [2.75, 3.05) is 13.1 Å². The third-order valence-corrected chi connectivity index (χ3v) is 7.90. The van der Waals surface area contributed by atoms with Gasteiger partial charge in [0.25, 0.3) is 0 Å². The molecule has 0 spiro atoms. The number of fused-ring (bicyclic) bond motifs is 1. The minimum atomic E-state index is -4.58. The van der Waals surface area contributed by atoms with Crippen molar-refractivity contribution in [2.45, 2.75) is 51.2 Å². The molecular weight excluding hydrogens is 493 g/mol. The predicted molar refractivity (Wildman–Crippen MR) is 137 cm³/mol. The second kappa shape index (κ2) is 9.41. The molecule has 1 aliphatic carbocycles. The van der Waals surface area contributed by atoms with Crippen LogP contribution in [0.4, 0.5) is 13.2 Å². The Morgan fingerprint density at radius 2 is 1.95 bits per heavy atom. The van der Waals surface area contributed by atoms with Gasteiger partial charge < -0.3 is 4.57 Å². The number of rotatable bonds is 6. The molecule has 2 fully saturated rings. The number of hydrogen-bond donors (Lipinski definition) is 0. The monoisotopic (exact) mass is 524 g/mol. The zero-order valence-electron chi connectivity index (χ0n) is 21.5. The van der Waals surface area contributed by atoms with Crippen LogP contribution in [-0.4, -0.2) is 41.7 Å². The van der Waals surface area contributed by atoms with Gasteiger partial charge in [0, 0.05) is 38.4 Å². The molecule has 200 valence electrons. The quantitative estimate of drug-likeness (QED) is 0.356. The molecule has 4 heterocycles. The average Bonchev–Trinajstić information content (AvgIpc) is 3.53. The smallest absolute Gasteiger partial charge is 0.320 e. The lowest BCUT2D eigenvalue weighted by atomic mass is 9.93. The molecule has 0 N–H and O–H groups in total. The number of piperidine rings is 1. The van der Waals surface area contributed by atoms with Crippen molar-refractivity contribution in [2.24, 2.45) is 18.9 Å². The first kappa shape index (κ1) is 24.9. The molecule has 1 aromatic carbocycles. The second-order valence-corrected chi connectivity index (χ2v) is 11.0. The highest BCUT2D eigenvalue weighted by atomic mass is 19.4. The van der Waals surface area contributed by atoms with E-state index in [0.717, 1.165) is 54.6 Å². The lowest BCUT2D eigenvalue weighted by Crippen LogP contribution is -2.34. The summed E-state index contributed by atoms with van der Waals surface area (Å²) in [6.07, 6.45) is 4.27. The van der Waals surface area contributed by atoms with Crippen LogP contribution < -0.4 is 5.69 Å². The molecule has 1 aliphatic heterocycles. The number of aromatic nitrogens is 5. The molecule has 0 amide bonds. The summed E-state index contributed by atoms with van der Waals surface area (Å²) in [7, 11) is 1.90. The number of pyridine rings is 1. The summed E-state index contributed by atoms with van der Waals surface area (Å²) in [5.41, 5.74) is 0.544. The molecular formula is C28H31F3N6O. The van der Waals surface area contributed by atoms with Gasteiger partial charge in [0.1, 0.15) is 12.2 Å². The van der Waals surface area contributed by atoms with Crippen molar-refractivity contribution < 1.29 is 13.2 Å². The average molecular weight is 525 g/mol. The van der Waals surface area contributed by atoms with E-state index in [0.29, 0.717) is 29.6 Å². The molecule has 3 aromatic heterocycles. The van der Waals surface area contributed by atoms with Crippen LogP contribution in [-0.2, 0) is 19.8 Å². The maximum absolute atomic E-state index is 14.2.